The fourth-order valence-electron chi connectivity index (χ4n) is 1.05. The number of carbonyl (C=O) groups excluding carboxylic acids is 1. The molecule has 0 radical (unpaired) electrons. The Kier molecular flexibility index (Phi) is 9.74. The van der Waals surface area contributed by atoms with Gasteiger partial charge in [0.25, 0.3) is 0 Å². The molecule has 0 bridgehead atoms. The molecule has 80 valence electrons. The lowest BCUT2D eigenvalue weighted by Crippen LogP contribution is -2.36. The van der Waals surface area contributed by atoms with Gasteiger partial charge in [-0.25, -0.2) is 0 Å². The van der Waals surface area contributed by atoms with Gasteiger partial charge in [-0.2, -0.15) is 0 Å². The van der Waals surface area contributed by atoms with Crippen molar-refractivity contribution in [3.05, 3.63) is 0 Å². The van der Waals surface area contributed by atoms with Gasteiger partial charge in [0.05, 0.1) is 6.61 Å². The quantitative estimate of drug-likeness (QED) is 0.700. The minimum Gasteiger partial charge on any atom is -0.465 e. The average molecular weight is 210 g/mol. The second-order valence-corrected chi connectivity index (χ2v) is 3.22. The van der Waals surface area contributed by atoms with E-state index in [2.05, 4.69) is 19.2 Å². The first kappa shape index (κ1) is 15.2. The van der Waals surface area contributed by atoms with Crippen LogP contribution in [0.25, 0.3) is 0 Å². The highest BCUT2D eigenvalue weighted by Crippen LogP contribution is 2.05. The lowest BCUT2D eigenvalue weighted by atomic mass is 10.0. The molecule has 1 N–H and O–H groups in total. The van der Waals surface area contributed by atoms with Gasteiger partial charge in [0, 0.05) is 0 Å². The molecule has 0 saturated heterocycles. The van der Waals surface area contributed by atoms with Crippen molar-refractivity contribution < 1.29 is 9.53 Å². The maximum atomic E-state index is 11.2. The number of halogens is 1. The van der Waals surface area contributed by atoms with Crippen LogP contribution >= 0.6 is 12.4 Å². The summed E-state index contributed by atoms with van der Waals surface area (Å²) in [6.45, 7) is 6.45. The Balaban J connectivity index is 0. The average Bonchev–Trinajstić information content (AvgIpc) is 2.00. The van der Waals surface area contributed by atoms with E-state index in [0.29, 0.717) is 12.5 Å². The van der Waals surface area contributed by atoms with Crippen molar-refractivity contribution in [2.24, 2.45) is 5.92 Å². The van der Waals surface area contributed by atoms with Crippen molar-refractivity contribution in [1.29, 1.82) is 0 Å². The molecule has 0 spiro atoms. The largest absolute Gasteiger partial charge is 0.465 e. The van der Waals surface area contributed by atoms with Crippen molar-refractivity contribution in [2.45, 2.75) is 33.2 Å². The van der Waals surface area contributed by atoms with Crippen LogP contribution in [0.3, 0.4) is 0 Å². The highest BCUT2D eigenvalue weighted by molar-refractivity contribution is 5.85. The molecule has 0 aromatic rings. The molecule has 4 heteroatoms. The topological polar surface area (TPSA) is 38.3 Å². The zero-order chi connectivity index (χ0) is 9.56. The third kappa shape index (κ3) is 6.84. The molecule has 0 aliphatic rings. The minimum atomic E-state index is -0.148. The number of ether oxygens (including phenoxy) is 1. The first-order valence-corrected chi connectivity index (χ1v) is 4.45. The van der Waals surface area contributed by atoms with E-state index in [1.54, 1.807) is 7.05 Å². The minimum absolute atomic E-state index is 0. The van der Waals surface area contributed by atoms with Crippen molar-refractivity contribution in [1.82, 2.24) is 5.32 Å². The molecule has 0 aliphatic carbocycles. The molecule has 0 rings (SSSR count). The Morgan fingerprint density at radius 1 is 1.46 bits per heavy atom. The number of likely N-dealkylation sites (N-methyl/N-ethyl adjacent to an activating group) is 1. The number of hydrogen-bond donors (Lipinski definition) is 1. The van der Waals surface area contributed by atoms with Crippen LogP contribution in [0.1, 0.15) is 27.2 Å². The smallest absolute Gasteiger partial charge is 0.323 e. The normalized spacial score (nSPS) is 12.1. The van der Waals surface area contributed by atoms with Gasteiger partial charge in [0.1, 0.15) is 6.04 Å². The molecular formula is C9H20ClNO2. The molecule has 1 atom stereocenters. The monoisotopic (exact) mass is 209 g/mol. The van der Waals surface area contributed by atoms with Crippen LogP contribution in [0.15, 0.2) is 0 Å². The van der Waals surface area contributed by atoms with E-state index in [1.165, 1.54) is 0 Å². The molecule has 0 unspecified atom stereocenters. The summed E-state index contributed by atoms with van der Waals surface area (Å²) >= 11 is 0. The third-order valence-corrected chi connectivity index (χ3v) is 1.63. The zero-order valence-corrected chi connectivity index (χ0v) is 9.61. The number of nitrogens with one attached hydrogen (secondary N) is 1. The molecule has 0 amide bonds. The Labute approximate surface area is 86.6 Å². The van der Waals surface area contributed by atoms with Crippen LogP contribution in [0.2, 0.25) is 0 Å². The van der Waals surface area contributed by atoms with Gasteiger partial charge >= 0.3 is 5.97 Å². The molecule has 0 aliphatic heterocycles. The van der Waals surface area contributed by atoms with Crippen LogP contribution in [-0.2, 0) is 9.53 Å². The highest BCUT2D eigenvalue weighted by Gasteiger charge is 2.18. The molecule has 13 heavy (non-hydrogen) atoms. The molecular weight excluding hydrogens is 190 g/mol. The maximum Gasteiger partial charge on any atom is 0.323 e. The van der Waals surface area contributed by atoms with Crippen LogP contribution in [-0.4, -0.2) is 25.7 Å². The highest BCUT2D eigenvalue weighted by atomic mass is 35.5. The first-order chi connectivity index (χ1) is 5.61. The van der Waals surface area contributed by atoms with Crippen LogP contribution < -0.4 is 5.32 Å². The van der Waals surface area contributed by atoms with E-state index in [0.717, 1.165) is 6.42 Å². The summed E-state index contributed by atoms with van der Waals surface area (Å²) in [5.41, 5.74) is 0. The van der Waals surface area contributed by atoms with Gasteiger partial charge < -0.3 is 10.1 Å². The van der Waals surface area contributed by atoms with Crippen LogP contribution in [0, 0.1) is 5.92 Å². The first-order valence-electron chi connectivity index (χ1n) is 4.45. The Morgan fingerprint density at radius 3 is 2.31 bits per heavy atom. The fraction of sp³-hybridized carbons (Fsp3) is 0.889. The predicted molar refractivity (Wildman–Crippen MR) is 56.2 cm³/mol. The summed E-state index contributed by atoms with van der Waals surface area (Å²) in [5.74, 6) is 0.362. The fourth-order valence-corrected chi connectivity index (χ4v) is 1.05. The van der Waals surface area contributed by atoms with Gasteiger partial charge in [0.15, 0.2) is 0 Å². The standard InChI is InChI=1S/C9H19NO2.ClH/c1-5-12-9(11)8(10-4)6-7(2)3;/h7-8,10H,5-6H2,1-4H3;1H/t8-;/m1./s1. The lowest BCUT2D eigenvalue weighted by molar-refractivity contribution is -0.145. The van der Waals surface area contributed by atoms with E-state index >= 15 is 0 Å². The van der Waals surface area contributed by atoms with Crippen molar-refractivity contribution in [2.75, 3.05) is 13.7 Å². The number of esters is 1. The molecule has 3 nitrogen and oxygen atoms in total. The van der Waals surface area contributed by atoms with Crippen molar-refractivity contribution in [3.63, 3.8) is 0 Å². The summed E-state index contributed by atoms with van der Waals surface area (Å²) in [7, 11) is 1.78. The van der Waals surface area contributed by atoms with Gasteiger partial charge in [0.2, 0.25) is 0 Å². The predicted octanol–water partition coefficient (Wildman–Crippen LogP) is 1.61. The van der Waals surface area contributed by atoms with Crippen LogP contribution in [0.4, 0.5) is 0 Å². The summed E-state index contributed by atoms with van der Waals surface area (Å²) in [4.78, 5) is 11.2. The van der Waals surface area contributed by atoms with E-state index in [1.807, 2.05) is 6.92 Å². The second kappa shape index (κ2) is 8.32. The number of carbonyl (C=O) groups is 1. The van der Waals surface area contributed by atoms with Gasteiger partial charge in [-0.15, -0.1) is 12.4 Å². The zero-order valence-electron chi connectivity index (χ0n) is 8.79. The van der Waals surface area contributed by atoms with Crippen LogP contribution in [0.5, 0.6) is 0 Å². The molecule has 0 saturated carbocycles. The van der Waals surface area contributed by atoms with Crippen molar-refractivity contribution in [3.8, 4) is 0 Å². The lowest BCUT2D eigenvalue weighted by Gasteiger charge is -2.16. The Bertz CT molecular complexity index is 140. The van der Waals surface area contributed by atoms with Crippen molar-refractivity contribution >= 4 is 18.4 Å². The summed E-state index contributed by atoms with van der Waals surface area (Å²) < 4.78 is 4.89. The molecule has 0 heterocycles. The number of rotatable bonds is 5. The van der Waals surface area contributed by atoms with Gasteiger partial charge in [-0.1, -0.05) is 13.8 Å². The van der Waals surface area contributed by atoms with E-state index < -0.39 is 0 Å². The Hall–Kier alpha value is -0.280. The van der Waals surface area contributed by atoms with E-state index in [4.69, 9.17) is 4.74 Å². The summed E-state index contributed by atoms with van der Waals surface area (Å²) in [6, 6.07) is -0.148. The number of hydrogen-bond acceptors (Lipinski definition) is 3. The maximum absolute atomic E-state index is 11.2. The molecule has 0 aromatic carbocycles. The third-order valence-electron chi connectivity index (χ3n) is 1.63. The second-order valence-electron chi connectivity index (χ2n) is 3.22. The van der Waals surface area contributed by atoms with E-state index in [-0.39, 0.29) is 24.4 Å². The van der Waals surface area contributed by atoms with Gasteiger partial charge in [-0.05, 0) is 26.3 Å². The van der Waals surface area contributed by atoms with Gasteiger partial charge in [-0.3, -0.25) is 4.79 Å². The molecule has 0 aromatic heterocycles. The summed E-state index contributed by atoms with van der Waals surface area (Å²) in [6.07, 6.45) is 0.829. The molecule has 0 fully saturated rings. The SMILES string of the molecule is CCOC(=O)[C@@H](CC(C)C)NC.Cl. The Morgan fingerprint density at radius 2 is 2.00 bits per heavy atom. The van der Waals surface area contributed by atoms with E-state index in [9.17, 15) is 4.79 Å². The summed E-state index contributed by atoms with van der Waals surface area (Å²) in [5, 5.41) is 2.94.